The number of amides is 3. The first-order valence-corrected chi connectivity index (χ1v) is 10.2. The molecule has 156 valence electrons. The summed E-state index contributed by atoms with van der Waals surface area (Å²) in [7, 11) is 1.69. The normalized spacial score (nSPS) is 22.4. The van der Waals surface area contributed by atoms with Crippen molar-refractivity contribution in [2.75, 3.05) is 18.5 Å². The summed E-state index contributed by atoms with van der Waals surface area (Å²) in [4.78, 5) is 37.9. The number of fused-ring (bicyclic) bond motifs is 3. The largest absolute Gasteiger partial charge is 0.328 e. The highest BCUT2D eigenvalue weighted by Crippen LogP contribution is 2.39. The number of aliphatic imine (C=N–C) groups is 1. The van der Waals surface area contributed by atoms with Gasteiger partial charge in [0.2, 0.25) is 5.96 Å². The molecule has 3 amide bonds. The van der Waals surface area contributed by atoms with Crippen LogP contribution in [0.2, 0.25) is 0 Å². The molecule has 2 aromatic rings. The number of anilines is 1. The molecule has 7 nitrogen and oxygen atoms in total. The Balaban J connectivity index is 1.61. The number of carbonyl (C=O) groups is 2. The highest BCUT2D eigenvalue weighted by molar-refractivity contribution is 6.16. The van der Waals surface area contributed by atoms with E-state index in [1.165, 1.54) is 4.90 Å². The number of urea groups is 1. The predicted octanol–water partition coefficient (Wildman–Crippen LogP) is 3.34. The summed E-state index contributed by atoms with van der Waals surface area (Å²) in [6.45, 7) is 5.88. The summed E-state index contributed by atoms with van der Waals surface area (Å²) in [5, 5.41) is 0. The van der Waals surface area contributed by atoms with Crippen molar-refractivity contribution >= 4 is 29.3 Å². The second kappa shape index (κ2) is 7.12. The molecule has 7 heteroatoms. The molecule has 0 aliphatic carbocycles. The van der Waals surface area contributed by atoms with E-state index in [4.69, 9.17) is 4.99 Å². The van der Waals surface area contributed by atoms with E-state index < -0.39 is 12.2 Å². The van der Waals surface area contributed by atoms with Gasteiger partial charge in [0.15, 0.2) is 12.2 Å². The van der Waals surface area contributed by atoms with Crippen LogP contribution in [0.5, 0.6) is 0 Å². The van der Waals surface area contributed by atoms with E-state index in [0.717, 1.165) is 22.5 Å². The number of likely N-dealkylation sites (N-methyl/N-ethyl adjacent to an activating group) is 1. The Morgan fingerprint density at radius 1 is 1.03 bits per heavy atom. The van der Waals surface area contributed by atoms with E-state index in [-0.39, 0.29) is 18.5 Å². The van der Waals surface area contributed by atoms with Crippen LogP contribution in [0.15, 0.2) is 84.0 Å². The van der Waals surface area contributed by atoms with Gasteiger partial charge in [-0.3, -0.25) is 19.5 Å². The summed E-state index contributed by atoms with van der Waals surface area (Å²) in [6, 6.07) is 19.0. The van der Waals surface area contributed by atoms with Crippen LogP contribution in [-0.4, -0.2) is 58.4 Å². The molecule has 3 aliphatic heterocycles. The number of hydrogen-bond acceptors (Lipinski definition) is 5. The third kappa shape index (κ3) is 2.92. The van der Waals surface area contributed by atoms with E-state index in [0.29, 0.717) is 5.96 Å². The van der Waals surface area contributed by atoms with Crippen LogP contribution in [-0.2, 0) is 4.79 Å². The van der Waals surface area contributed by atoms with E-state index in [9.17, 15) is 9.59 Å². The van der Waals surface area contributed by atoms with E-state index in [1.54, 1.807) is 11.9 Å². The first-order valence-electron chi connectivity index (χ1n) is 10.2. The Kier molecular flexibility index (Phi) is 4.39. The molecule has 0 bridgehead atoms. The number of imide groups is 1. The maximum absolute atomic E-state index is 13.4. The Labute approximate surface area is 181 Å². The molecule has 2 atom stereocenters. The van der Waals surface area contributed by atoms with Gasteiger partial charge in [0.25, 0.3) is 5.91 Å². The second-order valence-corrected chi connectivity index (χ2v) is 8.02. The van der Waals surface area contributed by atoms with E-state index >= 15 is 0 Å². The number of benzene rings is 2. The number of carbonyl (C=O) groups excluding carboxylic acids is 2. The maximum atomic E-state index is 13.4. The first kappa shape index (κ1) is 19.1. The van der Waals surface area contributed by atoms with Gasteiger partial charge < -0.3 is 4.90 Å². The molecule has 0 radical (unpaired) electrons. The van der Waals surface area contributed by atoms with Crippen LogP contribution in [0.4, 0.5) is 10.5 Å². The van der Waals surface area contributed by atoms with Gasteiger partial charge in [0.1, 0.15) is 0 Å². The van der Waals surface area contributed by atoms with Gasteiger partial charge >= 0.3 is 6.03 Å². The van der Waals surface area contributed by atoms with Gasteiger partial charge in [-0.25, -0.2) is 9.79 Å². The maximum Gasteiger partial charge on any atom is 0.328 e. The second-order valence-electron chi connectivity index (χ2n) is 8.02. The van der Waals surface area contributed by atoms with Crippen molar-refractivity contribution < 1.29 is 9.59 Å². The molecule has 1 saturated heterocycles. The molecule has 0 spiro atoms. The molecule has 3 heterocycles. The van der Waals surface area contributed by atoms with Gasteiger partial charge in [-0.2, -0.15) is 0 Å². The van der Waals surface area contributed by atoms with Crippen molar-refractivity contribution in [1.29, 1.82) is 0 Å². The zero-order chi connectivity index (χ0) is 21.7. The molecular weight excluding hydrogens is 390 g/mol. The standard InChI is InChI=1S/C24H23N5O2/c1-16(2)14-28-22(30)20-21(26(3)24(28)31)25-23-27(20)15-19(17-10-6-4-7-11-17)29(23)18-12-8-5-9-13-18/h4-13,15,20-21H,1,14H2,2-3H3. The fourth-order valence-corrected chi connectivity index (χ4v) is 4.29. The van der Waals surface area contributed by atoms with Crippen LogP contribution in [0.1, 0.15) is 12.5 Å². The lowest BCUT2D eigenvalue weighted by molar-refractivity contribution is -0.136. The zero-order valence-corrected chi connectivity index (χ0v) is 17.5. The van der Waals surface area contributed by atoms with Crippen LogP contribution in [0.25, 0.3) is 5.70 Å². The van der Waals surface area contributed by atoms with Crippen molar-refractivity contribution in [2.24, 2.45) is 4.99 Å². The van der Waals surface area contributed by atoms with Gasteiger partial charge in [0, 0.05) is 24.5 Å². The van der Waals surface area contributed by atoms with Crippen molar-refractivity contribution in [3.05, 3.63) is 84.6 Å². The molecule has 5 rings (SSSR count). The van der Waals surface area contributed by atoms with Gasteiger partial charge in [-0.1, -0.05) is 60.7 Å². The fraction of sp³-hybridized carbons (Fsp3) is 0.208. The van der Waals surface area contributed by atoms with Crippen LogP contribution >= 0.6 is 0 Å². The average molecular weight is 413 g/mol. The van der Waals surface area contributed by atoms with Gasteiger partial charge in [-0.05, 0) is 19.1 Å². The highest BCUT2D eigenvalue weighted by atomic mass is 16.2. The lowest BCUT2D eigenvalue weighted by atomic mass is 10.1. The quantitative estimate of drug-likeness (QED) is 0.722. The van der Waals surface area contributed by atoms with E-state index in [2.05, 4.69) is 6.58 Å². The number of para-hydroxylation sites is 1. The smallest absolute Gasteiger partial charge is 0.302 e. The summed E-state index contributed by atoms with van der Waals surface area (Å²) in [5.41, 5.74) is 3.65. The Morgan fingerprint density at radius 2 is 1.68 bits per heavy atom. The number of rotatable bonds is 4. The number of nitrogens with zero attached hydrogens (tertiary/aromatic N) is 5. The summed E-state index contributed by atoms with van der Waals surface area (Å²) < 4.78 is 0. The average Bonchev–Trinajstić information content (AvgIpc) is 3.32. The SMILES string of the molecule is C=C(C)CN1C(=O)C2C(N=C3N(c4ccccc4)C(c4ccccc4)=CN32)N(C)C1=O. The first-order chi connectivity index (χ1) is 15.0. The Morgan fingerprint density at radius 3 is 2.32 bits per heavy atom. The van der Waals surface area contributed by atoms with Gasteiger partial charge in [-0.15, -0.1) is 0 Å². The van der Waals surface area contributed by atoms with Crippen molar-refractivity contribution in [1.82, 2.24) is 14.7 Å². The molecule has 3 aliphatic rings. The Hall–Kier alpha value is -3.87. The topological polar surface area (TPSA) is 59.5 Å². The molecular formula is C24H23N5O2. The third-order valence-corrected chi connectivity index (χ3v) is 5.72. The molecule has 0 saturated carbocycles. The predicted molar refractivity (Wildman–Crippen MR) is 120 cm³/mol. The molecule has 0 aromatic heterocycles. The highest BCUT2D eigenvalue weighted by Gasteiger charge is 2.54. The lowest BCUT2D eigenvalue weighted by Gasteiger charge is -2.40. The molecule has 2 unspecified atom stereocenters. The van der Waals surface area contributed by atoms with Crippen LogP contribution < -0.4 is 4.90 Å². The third-order valence-electron chi connectivity index (χ3n) is 5.72. The summed E-state index contributed by atoms with van der Waals surface area (Å²) >= 11 is 0. The number of guanidine groups is 1. The summed E-state index contributed by atoms with van der Waals surface area (Å²) in [5.74, 6) is 0.388. The molecule has 2 aromatic carbocycles. The van der Waals surface area contributed by atoms with Crippen molar-refractivity contribution in [3.8, 4) is 0 Å². The van der Waals surface area contributed by atoms with Crippen molar-refractivity contribution in [2.45, 2.75) is 19.1 Å². The minimum absolute atomic E-state index is 0.200. The van der Waals surface area contributed by atoms with Crippen LogP contribution in [0.3, 0.4) is 0 Å². The minimum Gasteiger partial charge on any atom is -0.302 e. The van der Waals surface area contributed by atoms with Gasteiger partial charge in [0.05, 0.1) is 12.2 Å². The fourth-order valence-electron chi connectivity index (χ4n) is 4.29. The van der Waals surface area contributed by atoms with E-state index in [1.807, 2.05) is 83.6 Å². The minimum atomic E-state index is -0.607. The zero-order valence-electron chi connectivity index (χ0n) is 17.5. The van der Waals surface area contributed by atoms with Crippen molar-refractivity contribution in [3.63, 3.8) is 0 Å². The monoisotopic (exact) mass is 413 g/mol. The Bertz CT molecular complexity index is 1130. The molecule has 1 fully saturated rings. The number of hydrogen-bond donors (Lipinski definition) is 0. The van der Waals surface area contributed by atoms with Crippen LogP contribution in [0, 0.1) is 0 Å². The molecule has 0 N–H and O–H groups in total. The summed E-state index contributed by atoms with van der Waals surface area (Å²) in [6.07, 6.45) is 1.39. The molecule has 31 heavy (non-hydrogen) atoms. The lowest BCUT2D eigenvalue weighted by Crippen LogP contribution is -2.64.